The van der Waals surface area contributed by atoms with Gasteiger partial charge in [-0.3, -0.25) is 4.79 Å². The second kappa shape index (κ2) is 7.88. The topological polar surface area (TPSA) is 41.6 Å². The number of amides is 1. The summed E-state index contributed by atoms with van der Waals surface area (Å²) >= 11 is 0. The lowest BCUT2D eigenvalue weighted by Crippen LogP contribution is -2.42. The summed E-state index contributed by atoms with van der Waals surface area (Å²) in [5.41, 5.74) is 1.08. The average Bonchev–Trinajstić information content (AvgIpc) is 3.04. The Hall–Kier alpha value is -1.46. The fourth-order valence-electron chi connectivity index (χ4n) is 3.50. The molecule has 5 heteroatoms. The maximum Gasteiger partial charge on any atom is 0.248 e. The van der Waals surface area contributed by atoms with Crippen LogP contribution in [0.3, 0.4) is 0 Å². The number of likely N-dealkylation sites (tertiary alicyclic amines) is 1. The molecule has 2 atom stereocenters. The van der Waals surface area contributed by atoms with Crippen LogP contribution < -0.4 is 5.32 Å². The predicted octanol–water partition coefficient (Wildman–Crippen LogP) is 2.13. The minimum atomic E-state index is -0.220. The lowest BCUT2D eigenvalue weighted by molar-refractivity contribution is -0.139. The third-order valence-corrected chi connectivity index (χ3v) is 4.78. The maximum atomic E-state index is 13.0. The van der Waals surface area contributed by atoms with Crippen LogP contribution in [0.4, 0.5) is 4.39 Å². The zero-order valence-corrected chi connectivity index (χ0v) is 13.5. The molecule has 0 saturated carbocycles. The number of rotatable bonds is 5. The monoisotopic (exact) mass is 320 g/mol. The third kappa shape index (κ3) is 4.52. The summed E-state index contributed by atoms with van der Waals surface area (Å²) in [5.74, 6) is -0.136. The summed E-state index contributed by atoms with van der Waals surface area (Å²) in [6, 6.07) is 6.78. The number of piperidine rings is 1. The summed E-state index contributed by atoms with van der Waals surface area (Å²) in [6.45, 7) is 2.86. The first-order valence-electron chi connectivity index (χ1n) is 8.58. The zero-order chi connectivity index (χ0) is 16.1. The fourth-order valence-corrected chi connectivity index (χ4v) is 3.50. The van der Waals surface area contributed by atoms with E-state index in [4.69, 9.17) is 4.74 Å². The molecule has 2 fully saturated rings. The Morgan fingerprint density at radius 2 is 2.09 bits per heavy atom. The van der Waals surface area contributed by atoms with E-state index in [0.29, 0.717) is 0 Å². The van der Waals surface area contributed by atoms with Crippen LogP contribution in [0.25, 0.3) is 0 Å². The molecule has 2 unspecified atom stereocenters. The van der Waals surface area contributed by atoms with Crippen LogP contribution in [0.5, 0.6) is 0 Å². The number of hydrogen-bond acceptors (Lipinski definition) is 3. The Kier molecular flexibility index (Phi) is 5.62. The Bertz CT molecular complexity index is 514. The molecule has 23 heavy (non-hydrogen) atoms. The molecule has 2 heterocycles. The Morgan fingerprint density at radius 1 is 1.26 bits per heavy atom. The number of nitrogens with one attached hydrogen (secondary N) is 1. The standard InChI is InChI=1S/C18H25FN2O2/c19-15-7-5-14(6-8-15)11-16-3-2-10-21(16)18(22)13-23-17-4-1-9-20-12-17/h5-8,16-17,20H,1-4,9-13H2. The van der Waals surface area contributed by atoms with Crippen LogP contribution >= 0.6 is 0 Å². The van der Waals surface area contributed by atoms with Crippen molar-refractivity contribution in [3.8, 4) is 0 Å². The first-order valence-corrected chi connectivity index (χ1v) is 8.58. The molecule has 126 valence electrons. The van der Waals surface area contributed by atoms with E-state index in [9.17, 15) is 9.18 Å². The summed E-state index contributed by atoms with van der Waals surface area (Å²) < 4.78 is 18.8. The molecular weight excluding hydrogens is 295 g/mol. The van der Waals surface area contributed by atoms with E-state index in [0.717, 1.165) is 57.3 Å². The van der Waals surface area contributed by atoms with Crippen molar-refractivity contribution in [3.05, 3.63) is 35.6 Å². The number of hydrogen-bond donors (Lipinski definition) is 1. The van der Waals surface area contributed by atoms with E-state index in [1.165, 1.54) is 12.1 Å². The molecule has 1 amide bonds. The highest BCUT2D eigenvalue weighted by Gasteiger charge is 2.29. The second-order valence-corrected chi connectivity index (χ2v) is 6.49. The van der Waals surface area contributed by atoms with Crippen molar-refractivity contribution in [2.75, 3.05) is 26.2 Å². The lowest BCUT2D eigenvalue weighted by atomic mass is 10.0. The lowest BCUT2D eigenvalue weighted by Gasteiger charge is -2.27. The second-order valence-electron chi connectivity index (χ2n) is 6.49. The van der Waals surface area contributed by atoms with Crippen molar-refractivity contribution in [1.82, 2.24) is 10.2 Å². The predicted molar refractivity (Wildman–Crippen MR) is 86.7 cm³/mol. The molecule has 1 aromatic carbocycles. The van der Waals surface area contributed by atoms with Crippen LogP contribution in [0.15, 0.2) is 24.3 Å². The minimum Gasteiger partial charge on any atom is -0.367 e. The van der Waals surface area contributed by atoms with Gasteiger partial charge in [-0.05, 0) is 56.3 Å². The van der Waals surface area contributed by atoms with Gasteiger partial charge in [-0.1, -0.05) is 12.1 Å². The molecule has 0 aromatic heterocycles. The van der Waals surface area contributed by atoms with Crippen LogP contribution in [-0.4, -0.2) is 49.2 Å². The van der Waals surface area contributed by atoms with Gasteiger partial charge in [-0.2, -0.15) is 0 Å². The van der Waals surface area contributed by atoms with Gasteiger partial charge in [0.1, 0.15) is 12.4 Å². The van der Waals surface area contributed by atoms with Crippen LogP contribution in [0.2, 0.25) is 0 Å². The molecule has 3 rings (SSSR count). The summed E-state index contributed by atoms with van der Waals surface area (Å²) in [7, 11) is 0. The van der Waals surface area contributed by atoms with Crippen LogP contribution in [-0.2, 0) is 16.0 Å². The van der Waals surface area contributed by atoms with Crippen molar-refractivity contribution in [2.24, 2.45) is 0 Å². The summed E-state index contributed by atoms with van der Waals surface area (Å²) in [5, 5.41) is 3.29. The van der Waals surface area contributed by atoms with Gasteiger partial charge in [0.25, 0.3) is 0 Å². The Balaban J connectivity index is 1.51. The Morgan fingerprint density at radius 3 is 2.83 bits per heavy atom. The van der Waals surface area contributed by atoms with E-state index >= 15 is 0 Å². The Labute approximate surface area is 137 Å². The number of benzene rings is 1. The molecule has 2 saturated heterocycles. The third-order valence-electron chi connectivity index (χ3n) is 4.78. The molecule has 4 nitrogen and oxygen atoms in total. The first kappa shape index (κ1) is 16.4. The fraction of sp³-hybridized carbons (Fsp3) is 0.611. The number of nitrogens with zero attached hydrogens (tertiary/aromatic N) is 1. The maximum absolute atomic E-state index is 13.0. The van der Waals surface area contributed by atoms with Crippen molar-refractivity contribution >= 4 is 5.91 Å². The molecule has 0 bridgehead atoms. The van der Waals surface area contributed by atoms with Gasteiger partial charge in [-0.15, -0.1) is 0 Å². The highest BCUT2D eigenvalue weighted by molar-refractivity contribution is 5.78. The number of ether oxygens (including phenoxy) is 1. The van der Waals surface area contributed by atoms with Crippen molar-refractivity contribution < 1.29 is 13.9 Å². The van der Waals surface area contributed by atoms with Crippen LogP contribution in [0, 0.1) is 5.82 Å². The zero-order valence-electron chi connectivity index (χ0n) is 13.5. The van der Waals surface area contributed by atoms with Gasteiger partial charge in [0.2, 0.25) is 5.91 Å². The minimum absolute atomic E-state index is 0.0835. The van der Waals surface area contributed by atoms with E-state index in [1.807, 2.05) is 4.90 Å². The summed E-state index contributed by atoms with van der Waals surface area (Å²) in [4.78, 5) is 14.4. The molecule has 1 N–H and O–H groups in total. The van der Waals surface area contributed by atoms with E-state index in [2.05, 4.69) is 5.32 Å². The highest BCUT2D eigenvalue weighted by atomic mass is 19.1. The molecular formula is C18H25FN2O2. The first-order chi connectivity index (χ1) is 11.2. The molecule has 2 aliphatic heterocycles. The normalized spacial score (nSPS) is 24.8. The average molecular weight is 320 g/mol. The number of carbonyl (C=O) groups is 1. The quantitative estimate of drug-likeness (QED) is 0.904. The van der Waals surface area contributed by atoms with E-state index < -0.39 is 0 Å². The van der Waals surface area contributed by atoms with Crippen molar-refractivity contribution in [3.63, 3.8) is 0 Å². The van der Waals surface area contributed by atoms with Gasteiger partial charge >= 0.3 is 0 Å². The van der Waals surface area contributed by atoms with Crippen molar-refractivity contribution in [1.29, 1.82) is 0 Å². The van der Waals surface area contributed by atoms with Gasteiger partial charge in [0, 0.05) is 19.1 Å². The van der Waals surface area contributed by atoms with Gasteiger partial charge in [0.05, 0.1) is 6.10 Å². The van der Waals surface area contributed by atoms with E-state index in [1.54, 1.807) is 12.1 Å². The molecule has 0 radical (unpaired) electrons. The van der Waals surface area contributed by atoms with Gasteiger partial charge in [0.15, 0.2) is 0 Å². The van der Waals surface area contributed by atoms with Gasteiger partial charge < -0.3 is 15.0 Å². The van der Waals surface area contributed by atoms with E-state index in [-0.39, 0.29) is 30.5 Å². The SMILES string of the molecule is O=C(COC1CCCNC1)N1CCCC1Cc1ccc(F)cc1. The molecule has 1 aromatic rings. The smallest absolute Gasteiger partial charge is 0.248 e. The molecule has 0 aliphatic carbocycles. The van der Waals surface area contributed by atoms with Crippen LogP contribution in [0.1, 0.15) is 31.2 Å². The largest absolute Gasteiger partial charge is 0.367 e. The summed E-state index contributed by atoms with van der Waals surface area (Å²) in [6.07, 6.45) is 5.12. The van der Waals surface area contributed by atoms with Crippen molar-refractivity contribution in [2.45, 2.75) is 44.2 Å². The highest BCUT2D eigenvalue weighted by Crippen LogP contribution is 2.22. The van der Waals surface area contributed by atoms with Gasteiger partial charge in [-0.25, -0.2) is 4.39 Å². The number of carbonyl (C=O) groups excluding carboxylic acids is 1. The molecule has 0 spiro atoms. The number of halogens is 1. The molecule has 2 aliphatic rings.